The summed E-state index contributed by atoms with van der Waals surface area (Å²) in [6.07, 6.45) is 1.64. The van der Waals surface area contributed by atoms with Gasteiger partial charge in [0.05, 0.1) is 0 Å². The molecular weight excluding hydrogens is 236 g/mol. The lowest BCUT2D eigenvalue weighted by Gasteiger charge is -2.04. The number of anilines is 1. The van der Waals surface area contributed by atoms with Crippen LogP contribution in [0.15, 0.2) is 6.07 Å². The molecule has 0 unspecified atom stereocenters. The number of carboxylic acid groups (broad SMARTS) is 1. The van der Waals surface area contributed by atoms with Gasteiger partial charge in [-0.05, 0) is 12.8 Å². The summed E-state index contributed by atoms with van der Waals surface area (Å²) in [5, 5.41) is 14.3. The maximum atomic E-state index is 11.4. The van der Waals surface area contributed by atoms with Gasteiger partial charge in [-0.15, -0.1) is 0 Å². The van der Waals surface area contributed by atoms with Crippen LogP contribution in [0.4, 0.5) is 5.82 Å². The van der Waals surface area contributed by atoms with E-state index in [-0.39, 0.29) is 17.6 Å². The quantitative estimate of drug-likeness (QED) is 0.558. The molecule has 0 spiro atoms. The van der Waals surface area contributed by atoms with E-state index in [1.54, 1.807) is 0 Å². The van der Waals surface area contributed by atoms with Crippen LogP contribution in [0.1, 0.15) is 23.3 Å². The Balaban J connectivity index is 2.04. The van der Waals surface area contributed by atoms with Crippen LogP contribution in [-0.2, 0) is 10.2 Å². The van der Waals surface area contributed by atoms with E-state index < -0.39 is 16.2 Å². The second-order valence-electron chi connectivity index (χ2n) is 3.47. The lowest BCUT2D eigenvalue weighted by molar-refractivity contribution is 0.0690. The fraction of sp³-hybridized carbons (Fsp3) is 0.429. The van der Waals surface area contributed by atoms with Crippen LogP contribution in [0.5, 0.6) is 0 Å². The molecular formula is C7H10N4O4S. The molecule has 0 radical (unpaired) electrons. The molecule has 0 aliphatic heterocycles. The zero-order valence-electron chi connectivity index (χ0n) is 8.10. The van der Waals surface area contributed by atoms with E-state index in [0.717, 1.165) is 18.9 Å². The summed E-state index contributed by atoms with van der Waals surface area (Å²) in [6, 6.07) is 1.09. The number of aromatic carboxylic acids is 1. The number of rotatable bonds is 5. The highest BCUT2D eigenvalue weighted by molar-refractivity contribution is 7.90. The molecule has 0 saturated heterocycles. The molecule has 1 heterocycles. The van der Waals surface area contributed by atoms with Crippen molar-refractivity contribution in [2.24, 2.45) is 0 Å². The van der Waals surface area contributed by atoms with Gasteiger partial charge in [-0.3, -0.25) is 9.82 Å². The monoisotopic (exact) mass is 246 g/mol. The van der Waals surface area contributed by atoms with Crippen molar-refractivity contribution in [2.45, 2.75) is 18.9 Å². The van der Waals surface area contributed by atoms with Crippen LogP contribution >= 0.6 is 0 Å². The van der Waals surface area contributed by atoms with E-state index in [9.17, 15) is 13.2 Å². The predicted molar refractivity (Wildman–Crippen MR) is 54.2 cm³/mol. The molecule has 4 N–H and O–H groups in total. The Morgan fingerprint density at radius 1 is 1.56 bits per heavy atom. The number of H-pyrrole nitrogens is 1. The summed E-state index contributed by atoms with van der Waals surface area (Å²) in [5.74, 6) is -1.25. The zero-order chi connectivity index (χ0) is 11.8. The predicted octanol–water partition coefficient (Wildman–Crippen LogP) is -0.483. The van der Waals surface area contributed by atoms with E-state index in [2.05, 4.69) is 19.6 Å². The molecule has 1 aromatic rings. The van der Waals surface area contributed by atoms with Crippen LogP contribution in [-0.4, -0.2) is 35.7 Å². The highest BCUT2D eigenvalue weighted by Gasteiger charge is 2.27. The third-order valence-electron chi connectivity index (χ3n) is 1.95. The molecule has 88 valence electrons. The molecule has 1 fully saturated rings. The second kappa shape index (κ2) is 3.76. The minimum Gasteiger partial charge on any atom is -0.477 e. The molecule has 1 aliphatic rings. The van der Waals surface area contributed by atoms with Crippen LogP contribution in [0.2, 0.25) is 0 Å². The Morgan fingerprint density at radius 3 is 2.75 bits per heavy atom. The Labute approximate surface area is 91.2 Å². The van der Waals surface area contributed by atoms with Gasteiger partial charge in [0.2, 0.25) is 0 Å². The lowest BCUT2D eigenvalue weighted by Crippen LogP contribution is -2.31. The summed E-state index contributed by atoms with van der Waals surface area (Å²) in [7, 11) is -3.66. The Hall–Kier alpha value is -1.61. The molecule has 0 atom stereocenters. The van der Waals surface area contributed by atoms with Crippen molar-refractivity contribution in [1.82, 2.24) is 14.9 Å². The number of hydrogen-bond acceptors (Lipinski definition) is 4. The number of aromatic amines is 1. The number of hydrogen-bond donors (Lipinski definition) is 4. The van der Waals surface area contributed by atoms with Gasteiger partial charge in [0.1, 0.15) is 5.69 Å². The summed E-state index contributed by atoms with van der Waals surface area (Å²) in [4.78, 5) is 10.5. The molecule has 0 amide bonds. The molecule has 16 heavy (non-hydrogen) atoms. The molecule has 2 rings (SSSR count). The van der Waals surface area contributed by atoms with Crippen molar-refractivity contribution in [2.75, 3.05) is 4.72 Å². The van der Waals surface area contributed by atoms with E-state index in [0.29, 0.717) is 0 Å². The van der Waals surface area contributed by atoms with Gasteiger partial charge in [0.25, 0.3) is 0 Å². The number of nitrogens with one attached hydrogen (secondary N) is 3. The van der Waals surface area contributed by atoms with Gasteiger partial charge in [0, 0.05) is 12.1 Å². The van der Waals surface area contributed by atoms with Crippen molar-refractivity contribution in [1.29, 1.82) is 0 Å². The topological polar surface area (TPSA) is 124 Å². The highest BCUT2D eigenvalue weighted by atomic mass is 32.2. The molecule has 8 nitrogen and oxygen atoms in total. The van der Waals surface area contributed by atoms with Crippen molar-refractivity contribution < 1.29 is 18.3 Å². The maximum Gasteiger partial charge on any atom is 0.353 e. The Bertz CT molecular complexity index is 504. The van der Waals surface area contributed by atoms with Gasteiger partial charge in [-0.2, -0.15) is 18.2 Å². The van der Waals surface area contributed by atoms with Gasteiger partial charge in [0.15, 0.2) is 5.82 Å². The van der Waals surface area contributed by atoms with E-state index in [1.165, 1.54) is 0 Å². The highest BCUT2D eigenvalue weighted by Crippen LogP contribution is 2.20. The fourth-order valence-electron chi connectivity index (χ4n) is 1.07. The molecule has 1 saturated carbocycles. The van der Waals surface area contributed by atoms with Crippen molar-refractivity contribution in [3.8, 4) is 0 Å². The van der Waals surface area contributed by atoms with Crippen LogP contribution in [0.25, 0.3) is 0 Å². The first-order valence-electron chi connectivity index (χ1n) is 4.55. The van der Waals surface area contributed by atoms with Gasteiger partial charge >= 0.3 is 16.2 Å². The number of aromatic nitrogens is 2. The summed E-state index contributed by atoms with van der Waals surface area (Å²) >= 11 is 0. The fourth-order valence-corrected chi connectivity index (χ4v) is 2.18. The minimum absolute atomic E-state index is 0.0182. The maximum absolute atomic E-state index is 11.4. The normalized spacial score (nSPS) is 16.0. The summed E-state index contributed by atoms with van der Waals surface area (Å²) in [5.41, 5.74) is -0.177. The summed E-state index contributed by atoms with van der Waals surface area (Å²) < 4.78 is 27.3. The third-order valence-corrected chi connectivity index (χ3v) is 3.07. The van der Waals surface area contributed by atoms with Crippen LogP contribution < -0.4 is 9.44 Å². The first-order chi connectivity index (χ1) is 7.46. The number of carbonyl (C=O) groups is 1. The zero-order valence-corrected chi connectivity index (χ0v) is 8.91. The van der Waals surface area contributed by atoms with Crippen molar-refractivity contribution in [3.63, 3.8) is 0 Å². The van der Waals surface area contributed by atoms with E-state index in [4.69, 9.17) is 5.11 Å². The molecule has 0 bridgehead atoms. The smallest absolute Gasteiger partial charge is 0.353 e. The lowest BCUT2D eigenvalue weighted by atomic mass is 10.4. The standard InChI is InChI=1S/C7H10N4O4S/c12-7(13)5-3-6(9-8-5)11-16(14,15)10-4-1-2-4/h3-4,10H,1-2H2,(H,12,13)(H2,8,9,11). The van der Waals surface area contributed by atoms with Gasteiger partial charge in [-0.1, -0.05) is 0 Å². The van der Waals surface area contributed by atoms with Crippen LogP contribution in [0, 0.1) is 0 Å². The molecule has 1 aromatic heterocycles. The van der Waals surface area contributed by atoms with E-state index >= 15 is 0 Å². The van der Waals surface area contributed by atoms with E-state index in [1.807, 2.05) is 0 Å². The summed E-state index contributed by atoms with van der Waals surface area (Å²) in [6.45, 7) is 0. The Morgan fingerprint density at radius 2 is 2.25 bits per heavy atom. The molecule has 1 aliphatic carbocycles. The van der Waals surface area contributed by atoms with Gasteiger partial charge in [-0.25, -0.2) is 4.79 Å². The SMILES string of the molecule is O=C(O)c1cc(NS(=O)(=O)NC2CC2)n[nH]1. The van der Waals surface area contributed by atoms with Gasteiger partial charge < -0.3 is 5.11 Å². The molecule has 9 heteroatoms. The average molecular weight is 246 g/mol. The molecule has 0 aromatic carbocycles. The van der Waals surface area contributed by atoms with Crippen LogP contribution in [0.3, 0.4) is 0 Å². The Kier molecular flexibility index (Phi) is 2.56. The minimum atomic E-state index is -3.66. The first kappa shape index (κ1) is 10.9. The number of nitrogens with zero attached hydrogens (tertiary/aromatic N) is 1. The first-order valence-corrected chi connectivity index (χ1v) is 6.03. The third kappa shape index (κ3) is 2.70. The van der Waals surface area contributed by atoms with Crippen molar-refractivity contribution in [3.05, 3.63) is 11.8 Å². The van der Waals surface area contributed by atoms with Crippen molar-refractivity contribution >= 4 is 22.0 Å². The largest absolute Gasteiger partial charge is 0.477 e. The average Bonchev–Trinajstić information content (AvgIpc) is 2.80. The second-order valence-corrected chi connectivity index (χ2v) is 4.92. The number of carboxylic acids is 1.